The number of amides is 1. The van der Waals surface area contributed by atoms with Gasteiger partial charge in [-0.25, -0.2) is 13.1 Å². The molecule has 43 heavy (non-hydrogen) atoms. The molecule has 0 saturated heterocycles. The lowest BCUT2D eigenvalue weighted by atomic mass is 9.52. The SMILES string of the molecule is CC[C@@H]1CC/C=C/[C@H](OC)[C@@H]2CC[C@H]2CN2C[C@@]3(CCCC4=CC(Cl)=CCC43C)COc3ccc(cc32)C(=O)NS1(=O)=O. The number of halogens is 1. The van der Waals surface area contributed by atoms with Crippen molar-refractivity contribution in [2.45, 2.75) is 83.0 Å². The van der Waals surface area contributed by atoms with Gasteiger partial charge in [-0.05, 0) is 93.9 Å². The van der Waals surface area contributed by atoms with Gasteiger partial charge in [0.25, 0.3) is 5.91 Å². The second-order valence-electron chi connectivity index (χ2n) is 13.5. The molecule has 0 radical (unpaired) electrons. The second-order valence-corrected chi connectivity index (χ2v) is 15.9. The summed E-state index contributed by atoms with van der Waals surface area (Å²) in [5.41, 5.74) is 2.35. The molecule has 6 rings (SSSR count). The number of carbonyl (C=O) groups is 1. The molecule has 0 aromatic heterocycles. The van der Waals surface area contributed by atoms with Crippen molar-refractivity contribution in [2.75, 3.05) is 31.7 Å². The molecule has 2 saturated carbocycles. The Kier molecular flexibility index (Phi) is 8.50. The van der Waals surface area contributed by atoms with Crippen LogP contribution in [0.15, 0.2) is 53.1 Å². The summed E-state index contributed by atoms with van der Waals surface area (Å²) in [4.78, 5) is 15.9. The molecule has 9 heteroatoms. The van der Waals surface area contributed by atoms with Crippen LogP contribution in [0.25, 0.3) is 0 Å². The first-order valence-electron chi connectivity index (χ1n) is 15.9. The van der Waals surface area contributed by atoms with Gasteiger partial charge in [0.15, 0.2) is 0 Å². The van der Waals surface area contributed by atoms with Crippen LogP contribution in [0.2, 0.25) is 0 Å². The minimum Gasteiger partial charge on any atom is -0.491 e. The van der Waals surface area contributed by atoms with Gasteiger partial charge in [0, 0.05) is 41.6 Å². The van der Waals surface area contributed by atoms with Gasteiger partial charge in [-0.1, -0.05) is 49.2 Å². The Bertz CT molecular complexity index is 1450. The van der Waals surface area contributed by atoms with Gasteiger partial charge < -0.3 is 14.4 Å². The first kappa shape index (κ1) is 30.7. The molecule has 2 aliphatic heterocycles. The summed E-state index contributed by atoms with van der Waals surface area (Å²) in [5, 5.41) is 0.165. The zero-order valence-electron chi connectivity index (χ0n) is 25.6. The monoisotopic (exact) mass is 628 g/mol. The number of carbonyl (C=O) groups excluding carboxylic acids is 1. The van der Waals surface area contributed by atoms with Crippen LogP contribution in [-0.2, 0) is 14.8 Å². The average molecular weight is 629 g/mol. The number of rotatable bonds is 2. The predicted molar refractivity (Wildman–Crippen MR) is 171 cm³/mol. The molecule has 1 aromatic rings. The standard InChI is InChI=1S/C34H45ClN2O5S/c1-4-27-9-5-6-10-30(41-3)28-13-11-24(28)20-37-21-34(16-7-8-25-19-26(35)15-17-33(25,34)2)22-42-31-14-12-23(18-29(31)37)32(38)36-43(27,39)40/h6,10,12,14-15,18-19,24,27-28,30H,4-5,7-9,11,13,16-17,20-22H2,1-3H3,(H,36,38)/b10-6+/t24-,27+,28+,30-,33?,34-/m0/s1. The van der Waals surface area contributed by atoms with Crippen molar-refractivity contribution in [3.63, 3.8) is 0 Å². The number of hydrogen-bond acceptors (Lipinski definition) is 6. The number of allylic oxidation sites excluding steroid dienone is 5. The third-order valence-corrected chi connectivity index (χ3v) is 13.5. The number of benzene rings is 1. The van der Waals surface area contributed by atoms with Crippen LogP contribution in [0.1, 0.15) is 82.0 Å². The van der Waals surface area contributed by atoms with E-state index in [0.29, 0.717) is 43.3 Å². The Morgan fingerprint density at radius 3 is 2.81 bits per heavy atom. The van der Waals surface area contributed by atoms with E-state index in [9.17, 15) is 13.2 Å². The van der Waals surface area contributed by atoms with Crippen LogP contribution in [0, 0.1) is 22.7 Å². The Hall–Kier alpha value is -2.29. The van der Waals surface area contributed by atoms with Crippen LogP contribution in [-0.4, -0.2) is 52.5 Å². The van der Waals surface area contributed by atoms with Crippen molar-refractivity contribution in [2.24, 2.45) is 22.7 Å². The number of fused-ring (bicyclic) bond motifs is 4. The highest BCUT2D eigenvalue weighted by atomic mass is 35.5. The fourth-order valence-corrected chi connectivity index (χ4v) is 9.94. The molecule has 1 N–H and O–H groups in total. The van der Waals surface area contributed by atoms with E-state index in [1.54, 1.807) is 13.2 Å². The highest BCUT2D eigenvalue weighted by molar-refractivity contribution is 7.90. The number of hydrogen-bond donors (Lipinski definition) is 1. The summed E-state index contributed by atoms with van der Waals surface area (Å²) in [6, 6.07) is 5.38. The summed E-state index contributed by atoms with van der Waals surface area (Å²) in [5.74, 6) is 0.959. The number of methoxy groups -OCH3 is 1. The minimum absolute atomic E-state index is 0.0154. The largest absolute Gasteiger partial charge is 0.491 e. The molecule has 2 bridgehead atoms. The highest BCUT2D eigenvalue weighted by Crippen LogP contribution is 2.59. The van der Waals surface area contributed by atoms with Crippen LogP contribution in [0.3, 0.4) is 0 Å². The maximum atomic E-state index is 13.4. The fourth-order valence-electron chi connectivity index (χ4n) is 8.30. The molecule has 1 amide bonds. The zero-order valence-corrected chi connectivity index (χ0v) is 27.2. The first-order valence-corrected chi connectivity index (χ1v) is 17.9. The van der Waals surface area contributed by atoms with Crippen molar-refractivity contribution < 1.29 is 22.7 Å². The molecule has 6 atom stereocenters. The number of ether oxygens (including phenoxy) is 2. The van der Waals surface area contributed by atoms with Crippen molar-refractivity contribution >= 4 is 33.2 Å². The highest BCUT2D eigenvalue weighted by Gasteiger charge is 2.55. The van der Waals surface area contributed by atoms with E-state index in [1.807, 2.05) is 19.1 Å². The number of anilines is 1. The molecule has 7 nitrogen and oxygen atoms in total. The number of nitrogens with one attached hydrogen (secondary N) is 1. The van der Waals surface area contributed by atoms with Crippen molar-refractivity contribution in [3.8, 4) is 5.75 Å². The van der Waals surface area contributed by atoms with Gasteiger partial charge in [0.05, 0.1) is 23.6 Å². The van der Waals surface area contributed by atoms with Crippen molar-refractivity contribution in [3.05, 3.63) is 58.7 Å². The zero-order chi connectivity index (χ0) is 30.4. The first-order chi connectivity index (χ1) is 20.6. The van der Waals surface area contributed by atoms with Crippen molar-refractivity contribution in [1.29, 1.82) is 0 Å². The number of nitrogens with zero attached hydrogens (tertiary/aromatic N) is 1. The van der Waals surface area contributed by atoms with Crippen LogP contribution in [0.4, 0.5) is 5.69 Å². The van der Waals surface area contributed by atoms with Crippen LogP contribution < -0.4 is 14.4 Å². The quantitative estimate of drug-likeness (QED) is 0.365. The fraction of sp³-hybridized carbons (Fsp3) is 0.618. The Morgan fingerprint density at radius 1 is 1.23 bits per heavy atom. The minimum atomic E-state index is -3.85. The topological polar surface area (TPSA) is 84.9 Å². The predicted octanol–water partition coefficient (Wildman–Crippen LogP) is 6.74. The summed E-state index contributed by atoms with van der Waals surface area (Å²) in [6.45, 7) is 6.41. The summed E-state index contributed by atoms with van der Waals surface area (Å²) in [7, 11) is -2.08. The maximum absolute atomic E-state index is 13.4. The molecule has 5 aliphatic rings. The third-order valence-electron chi connectivity index (χ3n) is 11.3. The van der Waals surface area contributed by atoms with Crippen molar-refractivity contribution in [1.82, 2.24) is 4.72 Å². The molecule has 2 fully saturated rings. The molecular weight excluding hydrogens is 584 g/mol. The van der Waals surface area contributed by atoms with Crippen LogP contribution in [0.5, 0.6) is 5.75 Å². The second kappa shape index (κ2) is 11.9. The Balaban J connectivity index is 1.42. The number of sulfonamides is 1. The van der Waals surface area contributed by atoms with Gasteiger partial charge in [0.2, 0.25) is 10.0 Å². The van der Waals surface area contributed by atoms with Gasteiger partial charge in [0.1, 0.15) is 5.75 Å². The molecular formula is C34H45ClN2O5S. The normalized spacial score (nSPS) is 36.5. The molecule has 1 spiro atoms. The molecule has 1 aromatic carbocycles. The Labute approximate surface area is 261 Å². The van der Waals surface area contributed by atoms with Gasteiger partial charge in [-0.15, -0.1) is 0 Å². The van der Waals surface area contributed by atoms with Gasteiger partial charge >= 0.3 is 0 Å². The Morgan fingerprint density at radius 2 is 2.07 bits per heavy atom. The van der Waals surface area contributed by atoms with E-state index in [4.69, 9.17) is 21.1 Å². The van der Waals surface area contributed by atoms with Gasteiger partial charge in [-0.3, -0.25) is 4.79 Å². The third kappa shape index (κ3) is 5.57. The van der Waals surface area contributed by atoms with Gasteiger partial charge in [-0.2, -0.15) is 0 Å². The van der Waals surface area contributed by atoms with E-state index in [-0.39, 0.29) is 16.9 Å². The lowest BCUT2D eigenvalue weighted by molar-refractivity contribution is 0.000724. The van der Waals surface area contributed by atoms with E-state index in [2.05, 4.69) is 40.8 Å². The maximum Gasteiger partial charge on any atom is 0.264 e. The smallest absolute Gasteiger partial charge is 0.264 e. The van der Waals surface area contributed by atoms with E-state index in [1.165, 1.54) is 5.57 Å². The molecule has 3 aliphatic carbocycles. The van der Waals surface area contributed by atoms with E-state index >= 15 is 0 Å². The summed E-state index contributed by atoms with van der Waals surface area (Å²) < 4.78 is 41.6. The molecule has 2 heterocycles. The molecule has 1 unspecified atom stereocenters. The van der Waals surface area contributed by atoms with Crippen LogP contribution >= 0.6 is 11.6 Å². The lowest BCUT2D eigenvalue weighted by Gasteiger charge is -2.55. The molecule has 234 valence electrons. The van der Waals surface area contributed by atoms with E-state index in [0.717, 1.165) is 68.1 Å². The summed E-state index contributed by atoms with van der Waals surface area (Å²) >= 11 is 6.51. The van der Waals surface area contributed by atoms with E-state index < -0.39 is 21.2 Å². The summed E-state index contributed by atoms with van der Waals surface area (Å²) in [6.07, 6.45) is 16.2. The lowest BCUT2D eigenvalue weighted by Crippen LogP contribution is -2.55. The average Bonchev–Trinajstić information content (AvgIpc) is 3.12.